The quantitative estimate of drug-likeness (QED) is 0.892. The van der Waals surface area contributed by atoms with Crippen molar-refractivity contribution in [2.75, 3.05) is 0 Å². The zero-order valence-corrected chi connectivity index (χ0v) is 14.0. The predicted molar refractivity (Wildman–Crippen MR) is 89.2 cm³/mol. The van der Waals surface area contributed by atoms with Crippen molar-refractivity contribution in [3.63, 3.8) is 0 Å². The van der Waals surface area contributed by atoms with Gasteiger partial charge in [0, 0.05) is 6.20 Å². The first kappa shape index (κ1) is 17.1. The molecule has 132 valence electrons. The average Bonchev–Trinajstić information content (AvgIpc) is 3.05. The zero-order valence-electron chi connectivity index (χ0n) is 14.0. The predicted octanol–water partition coefficient (Wildman–Crippen LogP) is 2.84. The van der Waals surface area contributed by atoms with Crippen LogP contribution in [0.4, 0.5) is 4.39 Å². The molecule has 1 aliphatic carbocycles. The van der Waals surface area contributed by atoms with Crippen LogP contribution in [0.1, 0.15) is 48.2 Å². The topological polar surface area (TPSA) is 84.2 Å². The third kappa shape index (κ3) is 3.40. The number of aromatic nitrogens is 2. The maximum absolute atomic E-state index is 13.2. The summed E-state index contributed by atoms with van der Waals surface area (Å²) in [5.74, 6) is -1.86. The summed E-state index contributed by atoms with van der Waals surface area (Å²) in [6, 6.07) is 5.82. The molecule has 7 heteroatoms. The molecule has 1 heterocycles. The molecule has 6 nitrogen and oxygen atoms in total. The molecule has 1 aliphatic rings. The lowest BCUT2D eigenvalue weighted by Gasteiger charge is -2.33. The number of rotatable bonds is 4. The van der Waals surface area contributed by atoms with Crippen molar-refractivity contribution in [1.29, 1.82) is 0 Å². The number of carbonyl (C=O) groups excluding carboxylic acids is 1. The van der Waals surface area contributed by atoms with Crippen LogP contribution in [-0.4, -0.2) is 32.3 Å². The summed E-state index contributed by atoms with van der Waals surface area (Å²) >= 11 is 0. The number of hydrogen-bond acceptors (Lipinski definition) is 3. The number of carboxylic acids is 1. The molecule has 3 rings (SSSR count). The monoisotopic (exact) mass is 345 g/mol. The van der Waals surface area contributed by atoms with Crippen LogP contribution in [0.15, 0.2) is 30.5 Å². The number of nitrogens with zero attached hydrogens (tertiary/aromatic N) is 2. The van der Waals surface area contributed by atoms with Gasteiger partial charge in [0.15, 0.2) is 5.69 Å². The van der Waals surface area contributed by atoms with Crippen molar-refractivity contribution in [2.24, 2.45) is 0 Å². The molecule has 2 aromatic rings. The third-order valence-corrected chi connectivity index (χ3v) is 4.70. The zero-order chi connectivity index (χ0) is 18.0. The number of nitrogens with one attached hydrogen (secondary N) is 1. The van der Waals surface area contributed by atoms with E-state index in [-0.39, 0.29) is 11.5 Å². The molecule has 0 unspecified atom stereocenters. The van der Waals surface area contributed by atoms with E-state index in [1.54, 1.807) is 19.2 Å². The van der Waals surface area contributed by atoms with Crippen LogP contribution in [0.25, 0.3) is 5.69 Å². The van der Waals surface area contributed by atoms with Gasteiger partial charge in [-0.2, -0.15) is 5.10 Å². The summed E-state index contributed by atoms with van der Waals surface area (Å²) in [5, 5.41) is 16.4. The van der Waals surface area contributed by atoms with E-state index >= 15 is 0 Å². The average molecular weight is 345 g/mol. The summed E-state index contributed by atoms with van der Waals surface area (Å²) in [7, 11) is 0. The number of halogens is 1. The minimum Gasteiger partial charge on any atom is -0.480 e. The Balaban J connectivity index is 1.81. The van der Waals surface area contributed by atoms with Gasteiger partial charge >= 0.3 is 5.97 Å². The van der Waals surface area contributed by atoms with Gasteiger partial charge in [0.25, 0.3) is 5.91 Å². The number of aliphatic carboxylic acids is 1. The Morgan fingerprint density at radius 1 is 1.24 bits per heavy atom. The molecule has 25 heavy (non-hydrogen) atoms. The Morgan fingerprint density at radius 3 is 2.60 bits per heavy atom. The van der Waals surface area contributed by atoms with Crippen LogP contribution in [0.2, 0.25) is 0 Å². The molecule has 0 bridgehead atoms. The van der Waals surface area contributed by atoms with Crippen molar-refractivity contribution < 1.29 is 19.1 Å². The second kappa shape index (κ2) is 6.66. The number of hydrogen-bond donors (Lipinski definition) is 2. The molecular weight excluding hydrogens is 325 g/mol. The van der Waals surface area contributed by atoms with E-state index < -0.39 is 17.4 Å². The Hall–Kier alpha value is -2.70. The van der Waals surface area contributed by atoms with Crippen LogP contribution < -0.4 is 5.32 Å². The van der Waals surface area contributed by atoms with Crippen molar-refractivity contribution in [2.45, 2.75) is 44.6 Å². The highest BCUT2D eigenvalue weighted by Crippen LogP contribution is 2.29. The first-order valence-corrected chi connectivity index (χ1v) is 8.29. The minimum absolute atomic E-state index is 0.134. The van der Waals surface area contributed by atoms with Crippen LogP contribution in [0.5, 0.6) is 0 Å². The first-order valence-electron chi connectivity index (χ1n) is 8.29. The second-order valence-electron chi connectivity index (χ2n) is 6.48. The Bertz CT molecular complexity index is 810. The normalized spacial score (nSPS) is 16.4. The Labute approximate surface area is 144 Å². The first-order chi connectivity index (χ1) is 11.9. The van der Waals surface area contributed by atoms with E-state index in [1.165, 1.54) is 22.9 Å². The summed E-state index contributed by atoms with van der Waals surface area (Å²) < 4.78 is 14.7. The van der Waals surface area contributed by atoms with Crippen LogP contribution in [0, 0.1) is 12.7 Å². The Morgan fingerprint density at radius 2 is 1.96 bits per heavy atom. The van der Waals surface area contributed by atoms with Crippen molar-refractivity contribution in [3.8, 4) is 5.69 Å². The maximum atomic E-state index is 13.2. The van der Waals surface area contributed by atoms with Gasteiger partial charge in [-0.1, -0.05) is 19.3 Å². The van der Waals surface area contributed by atoms with E-state index in [4.69, 9.17) is 0 Å². The molecule has 1 saturated carbocycles. The highest BCUT2D eigenvalue weighted by atomic mass is 19.1. The highest BCUT2D eigenvalue weighted by molar-refractivity contribution is 5.96. The smallest absolute Gasteiger partial charge is 0.329 e. The van der Waals surface area contributed by atoms with E-state index in [2.05, 4.69) is 10.4 Å². The lowest BCUT2D eigenvalue weighted by atomic mass is 9.81. The molecule has 0 radical (unpaired) electrons. The summed E-state index contributed by atoms with van der Waals surface area (Å²) in [5.41, 5.74) is 0.260. The van der Waals surface area contributed by atoms with Gasteiger partial charge in [-0.15, -0.1) is 0 Å². The molecule has 0 atom stereocenters. The van der Waals surface area contributed by atoms with Crippen LogP contribution in [0.3, 0.4) is 0 Å². The number of benzene rings is 1. The summed E-state index contributed by atoms with van der Waals surface area (Å²) in [4.78, 5) is 24.2. The van der Waals surface area contributed by atoms with E-state index in [1.807, 2.05) is 0 Å². The van der Waals surface area contributed by atoms with E-state index in [0.717, 1.165) is 19.3 Å². The number of carboxylic acid groups (broad SMARTS) is 1. The van der Waals surface area contributed by atoms with Gasteiger partial charge in [0.1, 0.15) is 11.4 Å². The van der Waals surface area contributed by atoms with Gasteiger partial charge in [-0.05, 0) is 49.6 Å². The largest absolute Gasteiger partial charge is 0.480 e. The van der Waals surface area contributed by atoms with Crippen LogP contribution >= 0.6 is 0 Å². The van der Waals surface area contributed by atoms with Crippen molar-refractivity contribution in [1.82, 2.24) is 15.1 Å². The molecule has 2 N–H and O–H groups in total. The fourth-order valence-corrected chi connectivity index (χ4v) is 3.28. The van der Waals surface area contributed by atoms with Gasteiger partial charge in [-0.25, -0.2) is 13.9 Å². The third-order valence-electron chi connectivity index (χ3n) is 4.70. The summed E-state index contributed by atoms with van der Waals surface area (Å²) in [6.07, 6.45) is 4.97. The maximum Gasteiger partial charge on any atom is 0.329 e. The van der Waals surface area contributed by atoms with Crippen molar-refractivity contribution in [3.05, 3.63) is 47.5 Å². The number of amides is 1. The SMILES string of the molecule is Cc1cc(F)ccc1-n1ccc(C(=O)NC2(C(=O)O)CCCCC2)n1. The second-order valence-corrected chi connectivity index (χ2v) is 6.48. The van der Waals surface area contributed by atoms with Crippen LogP contribution in [-0.2, 0) is 4.79 Å². The summed E-state index contributed by atoms with van der Waals surface area (Å²) in [6.45, 7) is 1.75. The molecule has 0 saturated heterocycles. The molecule has 1 aromatic heterocycles. The lowest BCUT2D eigenvalue weighted by Crippen LogP contribution is -2.55. The fraction of sp³-hybridized carbons (Fsp3) is 0.389. The molecule has 0 aliphatic heterocycles. The number of aryl methyl sites for hydroxylation is 1. The molecule has 1 fully saturated rings. The van der Waals surface area contributed by atoms with Gasteiger partial charge in [0.2, 0.25) is 0 Å². The highest BCUT2D eigenvalue weighted by Gasteiger charge is 2.41. The van der Waals surface area contributed by atoms with E-state index in [0.29, 0.717) is 24.1 Å². The molecule has 1 aromatic carbocycles. The lowest BCUT2D eigenvalue weighted by molar-refractivity contribution is -0.145. The molecule has 0 spiro atoms. The van der Waals surface area contributed by atoms with Gasteiger partial charge in [0.05, 0.1) is 5.69 Å². The minimum atomic E-state index is -1.22. The van der Waals surface area contributed by atoms with E-state index in [9.17, 15) is 19.1 Å². The fourth-order valence-electron chi connectivity index (χ4n) is 3.28. The van der Waals surface area contributed by atoms with Crippen molar-refractivity contribution >= 4 is 11.9 Å². The van der Waals surface area contributed by atoms with Gasteiger partial charge < -0.3 is 10.4 Å². The number of carbonyl (C=O) groups is 2. The van der Waals surface area contributed by atoms with Gasteiger partial charge in [-0.3, -0.25) is 4.79 Å². The molecule has 1 amide bonds. The molecular formula is C18H20FN3O3. The Kier molecular flexibility index (Phi) is 4.57. The standard InChI is InChI=1S/C18H20FN3O3/c1-12-11-13(19)5-6-15(12)22-10-7-14(21-22)16(23)20-18(17(24)25)8-3-2-4-9-18/h5-7,10-11H,2-4,8-9H2,1H3,(H,20,23)(H,24,25).